The molecule has 0 spiro atoms. The molecule has 0 aliphatic carbocycles. The molecule has 1 heterocycles. The molecule has 0 saturated heterocycles. The predicted octanol–water partition coefficient (Wildman–Crippen LogP) is 8.83. The number of anilines is 1. The number of hydrogen-bond acceptors (Lipinski definition) is 4. The van der Waals surface area contributed by atoms with Gasteiger partial charge in [-0.3, -0.25) is 4.79 Å². The van der Waals surface area contributed by atoms with E-state index in [9.17, 15) is 4.79 Å². The van der Waals surface area contributed by atoms with Gasteiger partial charge < -0.3 is 19.8 Å². The van der Waals surface area contributed by atoms with E-state index >= 15 is 0 Å². The van der Waals surface area contributed by atoms with Crippen LogP contribution in [0.4, 0.5) is 5.69 Å². The zero-order valence-corrected chi connectivity index (χ0v) is 24.9. The van der Waals surface area contributed by atoms with Crippen LogP contribution in [0.1, 0.15) is 106 Å². The summed E-state index contributed by atoms with van der Waals surface area (Å²) in [5, 5.41) is 0.874. The maximum atomic E-state index is 13.8. The van der Waals surface area contributed by atoms with Crippen LogP contribution in [0, 0.1) is 5.92 Å². The van der Waals surface area contributed by atoms with Crippen molar-refractivity contribution in [3.05, 3.63) is 51.9 Å². The maximum absolute atomic E-state index is 13.8. The van der Waals surface area contributed by atoms with Crippen LogP contribution in [0.15, 0.2) is 46.3 Å². The molecule has 1 atom stereocenters. The van der Waals surface area contributed by atoms with Gasteiger partial charge in [0.15, 0.2) is 5.75 Å². The Bertz CT molecular complexity index is 1110. The van der Waals surface area contributed by atoms with Gasteiger partial charge in [0.1, 0.15) is 6.61 Å². The fourth-order valence-corrected chi connectivity index (χ4v) is 4.72. The molecule has 0 aliphatic heterocycles. The van der Waals surface area contributed by atoms with Crippen molar-refractivity contribution in [2.75, 3.05) is 18.9 Å². The number of rotatable bonds is 18. The van der Waals surface area contributed by atoms with E-state index in [4.69, 9.17) is 15.2 Å². The van der Waals surface area contributed by atoms with Crippen LogP contribution in [0.5, 0.6) is 11.5 Å². The molecule has 0 radical (unpaired) electrons. The van der Waals surface area contributed by atoms with Crippen molar-refractivity contribution in [3.63, 3.8) is 0 Å². The van der Waals surface area contributed by atoms with E-state index in [-0.39, 0.29) is 5.56 Å². The number of ether oxygens (including phenoxy) is 2. The number of nitrogens with zero attached hydrogens (tertiary/aromatic N) is 1. The third-order valence-corrected chi connectivity index (χ3v) is 6.98. The average Bonchev–Trinajstić information content (AvgIpc) is 2.87. The summed E-state index contributed by atoms with van der Waals surface area (Å²) < 4.78 is 14.4. The summed E-state index contributed by atoms with van der Waals surface area (Å²) in [6.07, 6.45) is 15.5. The fraction of sp³-hybridized carbons (Fsp3) is 0.606. The second-order valence-corrected chi connectivity index (χ2v) is 11.0. The normalized spacial score (nSPS) is 12.5. The molecule has 0 fully saturated rings. The van der Waals surface area contributed by atoms with Crippen molar-refractivity contribution in [2.24, 2.45) is 5.92 Å². The molecule has 1 aromatic carbocycles. The number of fused-ring (bicyclic) bond motifs is 1. The zero-order chi connectivity index (χ0) is 27.9. The molecule has 0 amide bonds. The summed E-state index contributed by atoms with van der Waals surface area (Å²) in [5.41, 5.74) is 10.1. The highest BCUT2D eigenvalue weighted by Gasteiger charge is 2.20. The lowest BCUT2D eigenvalue weighted by molar-refractivity contribution is 0.233. The highest BCUT2D eigenvalue weighted by atomic mass is 16.5. The van der Waals surface area contributed by atoms with Gasteiger partial charge in [-0.2, -0.15) is 0 Å². The smallest absolute Gasteiger partial charge is 0.297 e. The third-order valence-electron chi connectivity index (χ3n) is 6.98. The van der Waals surface area contributed by atoms with Crippen molar-refractivity contribution in [2.45, 2.75) is 112 Å². The molecule has 1 unspecified atom stereocenters. The van der Waals surface area contributed by atoms with Crippen LogP contribution in [0.25, 0.3) is 10.9 Å². The molecule has 1 aromatic heterocycles. The summed E-state index contributed by atoms with van der Waals surface area (Å²) in [6.45, 7) is 14.5. The Morgan fingerprint density at radius 2 is 1.71 bits per heavy atom. The first-order chi connectivity index (χ1) is 18.3. The minimum Gasteiger partial charge on any atom is -0.485 e. The Morgan fingerprint density at radius 1 is 0.974 bits per heavy atom. The highest BCUT2D eigenvalue weighted by molar-refractivity contribution is 5.90. The van der Waals surface area contributed by atoms with Crippen LogP contribution in [-0.2, 0) is 6.54 Å². The lowest BCUT2D eigenvalue weighted by atomic mass is 10.1. The van der Waals surface area contributed by atoms with E-state index < -0.39 is 0 Å². The second kappa shape index (κ2) is 17.0. The summed E-state index contributed by atoms with van der Waals surface area (Å²) >= 11 is 0. The Balaban J connectivity index is 2.39. The molecule has 5 heteroatoms. The van der Waals surface area contributed by atoms with Gasteiger partial charge >= 0.3 is 0 Å². The molecule has 38 heavy (non-hydrogen) atoms. The van der Waals surface area contributed by atoms with Crippen LogP contribution in [0.3, 0.4) is 0 Å². The number of allylic oxidation sites excluding steroid dienone is 3. The number of benzene rings is 1. The largest absolute Gasteiger partial charge is 0.485 e. The number of unbranched alkanes of at least 4 members (excludes halogenated alkanes) is 5. The zero-order valence-electron chi connectivity index (χ0n) is 24.9. The Hall–Kier alpha value is -2.69. The summed E-state index contributed by atoms with van der Waals surface area (Å²) in [7, 11) is 0. The summed E-state index contributed by atoms with van der Waals surface area (Å²) in [5.74, 6) is 1.21. The third kappa shape index (κ3) is 10.2. The second-order valence-electron chi connectivity index (χ2n) is 11.0. The van der Waals surface area contributed by atoms with Crippen molar-refractivity contribution >= 4 is 16.6 Å². The number of hydrogen-bond donors (Lipinski definition) is 1. The molecule has 2 rings (SSSR count). The summed E-state index contributed by atoms with van der Waals surface area (Å²) in [6, 6.07) is 5.73. The molecule has 212 valence electrons. The molecule has 2 aromatic rings. The van der Waals surface area contributed by atoms with Gasteiger partial charge in [0.05, 0.1) is 12.1 Å². The van der Waals surface area contributed by atoms with Gasteiger partial charge in [0.25, 0.3) is 5.56 Å². The number of nitrogens with two attached hydrogens (primary N) is 1. The molecule has 0 saturated carbocycles. The monoisotopic (exact) mass is 524 g/mol. The standard InChI is InChI=1S/C33H52N2O3/c1-7-9-10-11-12-13-21-35-30-23-28(34)18-19-29(30)31(32(33(35)36)38-24-27(6)15-8-2)37-22-20-26(5)17-14-16-25(3)4/h16,18-20,23,27H,7-15,17,21-22,24,34H2,1-6H3. The topological polar surface area (TPSA) is 66.5 Å². The Labute approximate surface area is 231 Å². The fourth-order valence-electron chi connectivity index (χ4n) is 4.72. The number of pyridine rings is 1. The quantitative estimate of drug-likeness (QED) is 0.120. The lowest BCUT2D eigenvalue weighted by Crippen LogP contribution is -2.25. The minimum absolute atomic E-state index is 0.125. The van der Waals surface area contributed by atoms with Crippen LogP contribution in [-0.4, -0.2) is 17.8 Å². The predicted molar refractivity (Wildman–Crippen MR) is 163 cm³/mol. The Morgan fingerprint density at radius 3 is 2.42 bits per heavy atom. The first kappa shape index (κ1) is 31.5. The van der Waals surface area contributed by atoms with Gasteiger partial charge in [-0.25, -0.2) is 0 Å². The number of aryl methyl sites for hydroxylation is 1. The van der Waals surface area contributed by atoms with E-state index in [1.54, 1.807) is 0 Å². The lowest BCUT2D eigenvalue weighted by Gasteiger charge is -2.20. The van der Waals surface area contributed by atoms with Gasteiger partial charge in [-0.05, 0) is 76.6 Å². The summed E-state index contributed by atoms with van der Waals surface area (Å²) in [4.78, 5) is 13.8. The van der Waals surface area contributed by atoms with Gasteiger partial charge in [0, 0.05) is 17.6 Å². The maximum Gasteiger partial charge on any atom is 0.297 e. The molecule has 5 nitrogen and oxygen atoms in total. The first-order valence-corrected chi connectivity index (χ1v) is 14.8. The molecule has 2 N–H and O–H groups in total. The van der Waals surface area contributed by atoms with Gasteiger partial charge in [-0.1, -0.05) is 76.5 Å². The van der Waals surface area contributed by atoms with Crippen LogP contribution in [0.2, 0.25) is 0 Å². The average molecular weight is 525 g/mol. The molecule has 0 aliphatic rings. The molecular weight excluding hydrogens is 472 g/mol. The molecule has 0 bridgehead atoms. The highest BCUT2D eigenvalue weighted by Crippen LogP contribution is 2.34. The van der Waals surface area contributed by atoms with Crippen molar-refractivity contribution in [3.8, 4) is 11.5 Å². The van der Waals surface area contributed by atoms with Crippen molar-refractivity contribution < 1.29 is 9.47 Å². The number of nitrogen functional groups attached to an aromatic ring is 1. The van der Waals surface area contributed by atoms with Crippen molar-refractivity contribution in [1.29, 1.82) is 0 Å². The van der Waals surface area contributed by atoms with Crippen LogP contribution >= 0.6 is 0 Å². The van der Waals surface area contributed by atoms with E-state index in [2.05, 4.69) is 53.7 Å². The minimum atomic E-state index is -0.125. The number of aromatic nitrogens is 1. The van der Waals surface area contributed by atoms with E-state index in [0.717, 1.165) is 49.4 Å². The van der Waals surface area contributed by atoms with E-state index in [0.29, 0.717) is 42.9 Å². The Kier molecular flexibility index (Phi) is 14.1. The molecular formula is C33H52N2O3. The van der Waals surface area contributed by atoms with E-state index in [1.807, 2.05) is 22.8 Å². The van der Waals surface area contributed by atoms with E-state index in [1.165, 1.54) is 36.8 Å². The van der Waals surface area contributed by atoms with Gasteiger partial charge in [0.2, 0.25) is 5.75 Å². The van der Waals surface area contributed by atoms with Crippen LogP contribution < -0.4 is 20.8 Å². The first-order valence-electron chi connectivity index (χ1n) is 14.8. The SMILES string of the molecule is CCCCCCCCn1c(=O)c(OCC(C)CCC)c(OCC=C(C)CCC=C(C)C)c2ccc(N)cc21. The van der Waals surface area contributed by atoms with Crippen molar-refractivity contribution in [1.82, 2.24) is 4.57 Å². The van der Waals surface area contributed by atoms with Gasteiger partial charge in [-0.15, -0.1) is 0 Å².